The summed E-state index contributed by atoms with van der Waals surface area (Å²) in [5, 5.41) is 2.88. The molecular weight excluding hydrogens is 330 g/mol. The summed E-state index contributed by atoms with van der Waals surface area (Å²) < 4.78 is 11.2. The first-order valence-electron chi connectivity index (χ1n) is 8.08. The smallest absolute Gasteiger partial charge is 0.260 e. The van der Waals surface area contributed by atoms with Gasteiger partial charge in [0, 0.05) is 31.3 Å². The van der Waals surface area contributed by atoms with Gasteiger partial charge in [-0.1, -0.05) is 36.4 Å². The van der Waals surface area contributed by atoms with Crippen LogP contribution in [0.2, 0.25) is 0 Å². The van der Waals surface area contributed by atoms with E-state index in [0.717, 1.165) is 5.56 Å². The Morgan fingerprint density at radius 3 is 2.58 bits per heavy atom. The van der Waals surface area contributed by atoms with Crippen molar-refractivity contribution in [1.29, 1.82) is 0 Å². The number of hydrogen-bond acceptors (Lipinski definition) is 5. The molecule has 2 aromatic carbocycles. The first kappa shape index (κ1) is 17.6. The molecule has 0 aliphatic rings. The molecule has 1 N–H and O–H groups in total. The second-order valence-corrected chi connectivity index (χ2v) is 5.73. The van der Waals surface area contributed by atoms with E-state index >= 15 is 0 Å². The average molecular weight is 349 g/mol. The molecule has 6 nitrogen and oxygen atoms in total. The van der Waals surface area contributed by atoms with Crippen molar-refractivity contribution < 1.29 is 14.3 Å². The third-order valence-corrected chi connectivity index (χ3v) is 4.02. The molecule has 0 aliphatic carbocycles. The van der Waals surface area contributed by atoms with Gasteiger partial charge in [-0.3, -0.25) is 9.78 Å². The molecule has 0 aliphatic heterocycles. The number of benzene rings is 2. The van der Waals surface area contributed by atoms with E-state index in [0.29, 0.717) is 17.3 Å². The molecule has 0 radical (unpaired) electrons. The van der Waals surface area contributed by atoms with Gasteiger partial charge in [-0.2, -0.15) is 0 Å². The minimum Gasteiger partial charge on any atom is -0.437 e. The Labute approximate surface area is 151 Å². The van der Waals surface area contributed by atoms with Gasteiger partial charge >= 0.3 is 0 Å². The number of amides is 1. The van der Waals surface area contributed by atoms with E-state index in [-0.39, 0.29) is 5.91 Å². The molecule has 1 heterocycles. The minimum absolute atomic E-state index is 0.275. The molecule has 0 fully saturated rings. The Hall–Kier alpha value is -3.25. The zero-order valence-corrected chi connectivity index (χ0v) is 14.5. The predicted octanol–water partition coefficient (Wildman–Crippen LogP) is 3.77. The van der Waals surface area contributed by atoms with Crippen LogP contribution < -0.4 is 10.1 Å². The van der Waals surface area contributed by atoms with Crippen molar-refractivity contribution in [3.63, 3.8) is 0 Å². The van der Waals surface area contributed by atoms with Crippen molar-refractivity contribution in [2.75, 3.05) is 12.4 Å². The number of rotatable bonds is 6. The summed E-state index contributed by atoms with van der Waals surface area (Å²) in [4.78, 5) is 20.9. The highest BCUT2D eigenvalue weighted by Crippen LogP contribution is 2.28. The highest BCUT2D eigenvalue weighted by Gasteiger charge is 2.35. The van der Waals surface area contributed by atoms with Crippen molar-refractivity contribution in [2.24, 2.45) is 0 Å². The molecular formula is C20H19N3O3. The first-order valence-corrected chi connectivity index (χ1v) is 8.08. The number of hydrogen-bond donors (Lipinski definition) is 1. The van der Waals surface area contributed by atoms with Crippen LogP contribution in [0.3, 0.4) is 0 Å². The molecule has 0 saturated carbocycles. The average Bonchev–Trinajstić information content (AvgIpc) is 2.69. The fourth-order valence-corrected chi connectivity index (χ4v) is 2.44. The van der Waals surface area contributed by atoms with Crippen LogP contribution >= 0.6 is 0 Å². The standard InChI is InChI=1S/C20H19N3O3/c1-20(25-2,15-7-4-3-5-8-15)19(24)23-16-9-6-10-17(13-16)26-18-14-21-11-12-22-18/h3-14H,1-2H3,(H,23,24). The number of methoxy groups -OCH3 is 1. The fraction of sp³-hybridized carbons (Fsp3) is 0.150. The molecule has 1 atom stereocenters. The maximum atomic E-state index is 12.8. The minimum atomic E-state index is -1.11. The van der Waals surface area contributed by atoms with Crippen LogP contribution in [0, 0.1) is 0 Å². The SMILES string of the molecule is COC(C)(C(=O)Nc1cccc(Oc2cnccn2)c1)c1ccccc1. The highest BCUT2D eigenvalue weighted by atomic mass is 16.5. The summed E-state index contributed by atoms with van der Waals surface area (Å²) >= 11 is 0. The Balaban J connectivity index is 1.78. The third-order valence-electron chi connectivity index (χ3n) is 4.02. The van der Waals surface area contributed by atoms with Gasteiger partial charge in [0.15, 0.2) is 5.60 Å². The van der Waals surface area contributed by atoms with E-state index in [1.54, 1.807) is 43.6 Å². The third kappa shape index (κ3) is 3.87. The van der Waals surface area contributed by atoms with Gasteiger partial charge in [0.2, 0.25) is 5.88 Å². The van der Waals surface area contributed by atoms with Crippen LogP contribution in [-0.2, 0) is 15.1 Å². The molecule has 3 aromatic rings. The van der Waals surface area contributed by atoms with Gasteiger partial charge in [-0.15, -0.1) is 0 Å². The molecule has 1 aromatic heterocycles. The maximum absolute atomic E-state index is 12.8. The summed E-state index contributed by atoms with van der Waals surface area (Å²) in [6, 6.07) is 16.4. The molecule has 1 unspecified atom stereocenters. The largest absolute Gasteiger partial charge is 0.437 e. The monoisotopic (exact) mass is 349 g/mol. The van der Waals surface area contributed by atoms with E-state index < -0.39 is 5.60 Å². The quantitative estimate of drug-likeness (QED) is 0.733. The Kier molecular flexibility index (Phi) is 5.24. The molecule has 0 spiro atoms. The summed E-state index contributed by atoms with van der Waals surface area (Å²) in [5.74, 6) is 0.645. The lowest BCUT2D eigenvalue weighted by molar-refractivity contribution is -0.136. The molecule has 26 heavy (non-hydrogen) atoms. The van der Waals surface area contributed by atoms with Gasteiger partial charge in [0.1, 0.15) is 5.75 Å². The lowest BCUT2D eigenvalue weighted by Crippen LogP contribution is -2.39. The van der Waals surface area contributed by atoms with Gasteiger partial charge in [0.05, 0.1) is 6.20 Å². The van der Waals surface area contributed by atoms with Crippen LogP contribution in [0.5, 0.6) is 11.6 Å². The van der Waals surface area contributed by atoms with E-state index in [1.807, 2.05) is 30.3 Å². The summed E-state index contributed by atoms with van der Waals surface area (Å²) in [6.45, 7) is 1.73. The summed E-state index contributed by atoms with van der Waals surface area (Å²) in [6.07, 6.45) is 4.63. The van der Waals surface area contributed by atoms with Gasteiger partial charge in [-0.05, 0) is 24.6 Å². The first-order chi connectivity index (χ1) is 12.6. The number of aromatic nitrogens is 2. The zero-order chi connectivity index (χ0) is 18.4. The number of nitrogens with one attached hydrogen (secondary N) is 1. The van der Waals surface area contributed by atoms with Crippen LogP contribution in [0.4, 0.5) is 5.69 Å². The lowest BCUT2D eigenvalue weighted by Gasteiger charge is -2.27. The zero-order valence-electron chi connectivity index (χ0n) is 14.5. The van der Waals surface area contributed by atoms with Gasteiger partial charge in [0.25, 0.3) is 5.91 Å². The highest BCUT2D eigenvalue weighted by molar-refractivity contribution is 5.97. The van der Waals surface area contributed by atoms with Gasteiger partial charge in [-0.25, -0.2) is 4.98 Å². The molecule has 0 saturated heterocycles. The number of anilines is 1. The molecule has 6 heteroatoms. The molecule has 3 rings (SSSR count). The Morgan fingerprint density at radius 1 is 1.08 bits per heavy atom. The van der Waals surface area contributed by atoms with Crippen molar-refractivity contribution in [3.8, 4) is 11.6 Å². The van der Waals surface area contributed by atoms with Crippen molar-refractivity contribution in [3.05, 3.63) is 78.8 Å². The molecule has 132 valence electrons. The second-order valence-electron chi connectivity index (χ2n) is 5.73. The number of carbonyl (C=O) groups excluding carboxylic acids is 1. The normalized spacial score (nSPS) is 12.8. The van der Waals surface area contributed by atoms with Crippen molar-refractivity contribution in [1.82, 2.24) is 9.97 Å². The van der Waals surface area contributed by atoms with Crippen molar-refractivity contribution in [2.45, 2.75) is 12.5 Å². The number of ether oxygens (including phenoxy) is 2. The van der Waals surface area contributed by atoms with E-state index in [1.165, 1.54) is 13.3 Å². The van der Waals surface area contributed by atoms with Crippen molar-refractivity contribution >= 4 is 11.6 Å². The van der Waals surface area contributed by atoms with E-state index in [9.17, 15) is 4.79 Å². The van der Waals surface area contributed by atoms with Gasteiger partial charge < -0.3 is 14.8 Å². The molecule has 1 amide bonds. The van der Waals surface area contributed by atoms with E-state index in [4.69, 9.17) is 9.47 Å². The van der Waals surface area contributed by atoms with Crippen LogP contribution in [0.1, 0.15) is 12.5 Å². The maximum Gasteiger partial charge on any atom is 0.260 e. The summed E-state index contributed by atoms with van der Waals surface area (Å²) in [7, 11) is 1.51. The van der Waals surface area contributed by atoms with E-state index in [2.05, 4.69) is 15.3 Å². The van der Waals surface area contributed by atoms with Crippen LogP contribution in [-0.4, -0.2) is 23.0 Å². The second kappa shape index (κ2) is 7.76. The predicted molar refractivity (Wildman–Crippen MR) is 98.0 cm³/mol. The van der Waals surface area contributed by atoms with Crippen LogP contribution in [0.25, 0.3) is 0 Å². The fourth-order valence-electron chi connectivity index (χ4n) is 2.44. The number of nitrogens with zero attached hydrogens (tertiary/aromatic N) is 2. The molecule has 0 bridgehead atoms. The Bertz CT molecular complexity index is 872. The topological polar surface area (TPSA) is 73.3 Å². The number of carbonyl (C=O) groups is 1. The van der Waals surface area contributed by atoms with Crippen LogP contribution in [0.15, 0.2) is 73.2 Å². The summed E-state index contributed by atoms with van der Waals surface area (Å²) in [5.41, 5.74) is 0.255. The Morgan fingerprint density at radius 2 is 1.88 bits per heavy atom. The lowest BCUT2D eigenvalue weighted by atomic mass is 9.94.